The van der Waals surface area contributed by atoms with Crippen LogP contribution in [0.2, 0.25) is 10.0 Å². The van der Waals surface area contributed by atoms with E-state index in [1.807, 2.05) is 30.3 Å². The van der Waals surface area contributed by atoms with Gasteiger partial charge >= 0.3 is 0 Å². The lowest BCUT2D eigenvalue weighted by Gasteiger charge is -2.41. The average Bonchev–Trinajstić information content (AvgIpc) is 2.76. The Labute approximate surface area is 192 Å². The summed E-state index contributed by atoms with van der Waals surface area (Å²) in [6.45, 7) is 3.84. The second-order valence-corrected chi connectivity index (χ2v) is 10.8. The van der Waals surface area contributed by atoms with E-state index >= 15 is 0 Å². The standard InChI is InChI=1S/C22H25Cl2FN2O3S/c1-3-31(29,30)27-11-9-22(10-12-27,16-7-5-4-6-8-16)21(28)26-15(2)17-13-20(25)19(24)14-18(17)23/h4-8,13-15H,3,9-12H2,1-2H3,(H,26,28). The van der Waals surface area contributed by atoms with Crippen LogP contribution in [0.1, 0.15) is 43.9 Å². The minimum absolute atomic E-state index is 0.0230. The molecule has 0 radical (unpaired) electrons. The zero-order valence-electron chi connectivity index (χ0n) is 17.4. The number of halogens is 3. The van der Waals surface area contributed by atoms with Crippen LogP contribution in [0.15, 0.2) is 42.5 Å². The lowest BCUT2D eigenvalue weighted by molar-refractivity contribution is -0.129. The lowest BCUT2D eigenvalue weighted by Crippen LogP contribution is -2.53. The molecule has 1 heterocycles. The van der Waals surface area contributed by atoms with E-state index in [1.165, 1.54) is 16.4 Å². The van der Waals surface area contributed by atoms with Gasteiger partial charge < -0.3 is 5.32 Å². The van der Waals surface area contributed by atoms with Gasteiger partial charge in [-0.1, -0.05) is 53.5 Å². The van der Waals surface area contributed by atoms with E-state index in [4.69, 9.17) is 23.2 Å². The summed E-state index contributed by atoms with van der Waals surface area (Å²) < 4.78 is 40.0. The monoisotopic (exact) mass is 486 g/mol. The molecule has 5 nitrogen and oxygen atoms in total. The molecule has 3 rings (SSSR count). The maximum Gasteiger partial charge on any atom is 0.231 e. The normalized spacial score (nSPS) is 17.8. The van der Waals surface area contributed by atoms with Crippen molar-refractivity contribution in [3.05, 3.63) is 69.5 Å². The van der Waals surface area contributed by atoms with Crippen LogP contribution >= 0.6 is 23.2 Å². The summed E-state index contributed by atoms with van der Waals surface area (Å²) in [7, 11) is -3.33. The van der Waals surface area contributed by atoms with Crippen molar-refractivity contribution < 1.29 is 17.6 Å². The predicted octanol–water partition coefficient (Wildman–Crippen LogP) is 4.69. The number of hydrogen-bond donors (Lipinski definition) is 1. The van der Waals surface area contributed by atoms with Crippen molar-refractivity contribution in [3.63, 3.8) is 0 Å². The van der Waals surface area contributed by atoms with E-state index in [1.54, 1.807) is 13.8 Å². The first-order valence-electron chi connectivity index (χ1n) is 10.1. The Morgan fingerprint density at radius 2 is 1.77 bits per heavy atom. The molecule has 0 bridgehead atoms. The number of rotatable bonds is 6. The van der Waals surface area contributed by atoms with Gasteiger partial charge in [-0.2, -0.15) is 0 Å². The summed E-state index contributed by atoms with van der Waals surface area (Å²) in [5.74, 6) is -0.834. The molecule has 31 heavy (non-hydrogen) atoms. The lowest BCUT2D eigenvalue weighted by atomic mass is 9.72. The van der Waals surface area contributed by atoms with Crippen LogP contribution in [0.3, 0.4) is 0 Å². The fraction of sp³-hybridized carbons (Fsp3) is 0.409. The number of carbonyl (C=O) groups is 1. The highest BCUT2D eigenvalue weighted by Crippen LogP contribution is 2.38. The largest absolute Gasteiger partial charge is 0.349 e. The first-order valence-corrected chi connectivity index (χ1v) is 12.5. The van der Waals surface area contributed by atoms with E-state index in [9.17, 15) is 17.6 Å². The summed E-state index contributed by atoms with van der Waals surface area (Å²) in [5.41, 5.74) is 0.347. The van der Waals surface area contributed by atoms with Crippen LogP contribution in [0.4, 0.5) is 4.39 Å². The van der Waals surface area contributed by atoms with Crippen molar-refractivity contribution in [1.29, 1.82) is 0 Å². The van der Waals surface area contributed by atoms with Crippen molar-refractivity contribution in [2.75, 3.05) is 18.8 Å². The van der Waals surface area contributed by atoms with Gasteiger partial charge in [0.25, 0.3) is 0 Å². The summed E-state index contributed by atoms with van der Waals surface area (Å²) in [6.07, 6.45) is 0.689. The molecule has 1 atom stereocenters. The molecule has 1 aliphatic heterocycles. The minimum Gasteiger partial charge on any atom is -0.349 e. The molecule has 1 unspecified atom stereocenters. The van der Waals surface area contributed by atoms with E-state index in [0.717, 1.165) is 5.56 Å². The van der Waals surface area contributed by atoms with Crippen molar-refractivity contribution in [1.82, 2.24) is 9.62 Å². The summed E-state index contributed by atoms with van der Waals surface area (Å²) in [5, 5.41) is 3.13. The van der Waals surface area contributed by atoms with Crippen LogP contribution in [0.25, 0.3) is 0 Å². The highest BCUT2D eigenvalue weighted by atomic mass is 35.5. The number of sulfonamides is 1. The third kappa shape index (κ3) is 4.90. The van der Waals surface area contributed by atoms with Crippen molar-refractivity contribution >= 4 is 39.1 Å². The average molecular weight is 487 g/mol. The molecular formula is C22H25Cl2FN2O3S. The Balaban J connectivity index is 1.89. The SMILES string of the molecule is CCS(=O)(=O)N1CCC(C(=O)NC(C)c2cc(F)c(Cl)cc2Cl)(c2ccccc2)CC1. The quantitative estimate of drug-likeness (QED) is 0.602. The number of amides is 1. The van der Waals surface area contributed by atoms with Gasteiger partial charge in [0.15, 0.2) is 0 Å². The summed E-state index contributed by atoms with van der Waals surface area (Å²) >= 11 is 12.0. The summed E-state index contributed by atoms with van der Waals surface area (Å²) in [4.78, 5) is 13.6. The van der Waals surface area contributed by atoms with Crippen LogP contribution in [-0.4, -0.2) is 37.5 Å². The molecule has 1 saturated heterocycles. The molecule has 0 aliphatic carbocycles. The van der Waals surface area contributed by atoms with Gasteiger partial charge in [0.05, 0.1) is 22.2 Å². The van der Waals surface area contributed by atoms with Crippen LogP contribution in [0, 0.1) is 5.82 Å². The zero-order chi connectivity index (χ0) is 22.8. The first kappa shape index (κ1) is 24.0. The van der Waals surface area contributed by atoms with Gasteiger partial charge in [0.1, 0.15) is 5.82 Å². The smallest absolute Gasteiger partial charge is 0.231 e. The Bertz CT molecular complexity index is 1060. The van der Waals surface area contributed by atoms with Crippen LogP contribution in [0.5, 0.6) is 0 Å². The molecular weight excluding hydrogens is 462 g/mol. The molecule has 1 fully saturated rings. The van der Waals surface area contributed by atoms with Gasteiger partial charge in [-0.15, -0.1) is 0 Å². The Morgan fingerprint density at radius 1 is 1.16 bits per heavy atom. The number of piperidine rings is 1. The molecule has 2 aromatic carbocycles. The van der Waals surface area contributed by atoms with E-state index < -0.39 is 27.3 Å². The second-order valence-electron chi connectivity index (χ2n) is 7.73. The molecule has 1 amide bonds. The van der Waals surface area contributed by atoms with Gasteiger partial charge in [0.2, 0.25) is 15.9 Å². The van der Waals surface area contributed by atoms with Crippen molar-refractivity contribution in [3.8, 4) is 0 Å². The Kier molecular flexibility index (Phi) is 7.31. The van der Waals surface area contributed by atoms with E-state index in [0.29, 0.717) is 18.4 Å². The molecule has 1 aliphatic rings. The minimum atomic E-state index is -3.33. The molecule has 9 heteroatoms. The highest BCUT2D eigenvalue weighted by molar-refractivity contribution is 7.89. The van der Waals surface area contributed by atoms with Gasteiger partial charge in [-0.05, 0) is 49.9 Å². The second kappa shape index (κ2) is 9.45. The van der Waals surface area contributed by atoms with Crippen molar-refractivity contribution in [2.45, 2.75) is 38.1 Å². The fourth-order valence-corrected chi connectivity index (χ4v) is 5.67. The number of nitrogens with one attached hydrogen (secondary N) is 1. The topological polar surface area (TPSA) is 66.5 Å². The maximum absolute atomic E-state index is 14.0. The number of benzene rings is 2. The van der Waals surface area contributed by atoms with Gasteiger partial charge in [0, 0.05) is 18.1 Å². The van der Waals surface area contributed by atoms with Crippen molar-refractivity contribution in [2.24, 2.45) is 0 Å². The molecule has 168 valence electrons. The maximum atomic E-state index is 14.0. The third-order valence-corrected chi connectivity index (χ3v) is 8.45. The molecule has 0 spiro atoms. The van der Waals surface area contributed by atoms with Crippen LogP contribution in [-0.2, 0) is 20.2 Å². The fourth-order valence-electron chi connectivity index (χ4n) is 4.02. The predicted molar refractivity (Wildman–Crippen MR) is 121 cm³/mol. The Morgan fingerprint density at radius 3 is 2.35 bits per heavy atom. The Hall–Kier alpha value is -1.67. The molecule has 1 N–H and O–H groups in total. The van der Waals surface area contributed by atoms with Gasteiger partial charge in [-0.3, -0.25) is 4.79 Å². The zero-order valence-corrected chi connectivity index (χ0v) is 19.7. The number of hydrogen-bond acceptors (Lipinski definition) is 3. The van der Waals surface area contributed by atoms with Gasteiger partial charge in [-0.25, -0.2) is 17.1 Å². The molecule has 2 aromatic rings. The molecule has 0 saturated carbocycles. The molecule has 0 aromatic heterocycles. The number of nitrogens with zero attached hydrogens (tertiary/aromatic N) is 1. The highest BCUT2D eigenvalue weighted by Gasteiger charge is 2.45. The first-order chi connectivity index (χ1) is 14.6. The van der Waals surface area contributed by atoms with E-state index in [-0.39, 0.29) is 34.8 Å². The van der Waals surface area contributed by atoms with E-state index in [2.05, 4.69) is 5.32 Å². The summed E-state index contributed by atoms with van der Waals surface area (Å²) in [6, 6.07) is 11.3. The number of carbonyl (C=O) groups excluding carboxylic acids is 1. The third-order valence-electron chi connectivity index (χ3n) is 5.95. The van der Waals surface area contributed by atoms with Crippen LogP contribution < -0.4 is 5.32 Å².